The number of ether oxygens (including phenoxy) is 3. The van der Waals surface area contributed by atoms with Crippen LogP contribution in [-0.2, 0) is 9.53 Å². The molecule has 0 fully saturated rings. The number of esters is 1. The molecule has 0 saturated heterocycles. The average molecular weight is 427 g/mol. The highest BCUT2D eigenvalue weighted by Crippen LogP contribution is 2.36. The molecule has 154 valence electrons. The van der Waals surface area contributed by atoms with Gasteiger partial charge in [-0.1, -0.05) is 23.9 Å². The zero-order valence-corrected chi connectivity index (χ0v) is 17.0. The Kier molecular flexibility index (Phi) is 5.57. The summed E-state index contributed by atoms with van der Waals surface area (Å²) in [5.74, 6) is 0.888. The number of hydrogen-bond acceptors (Lipinski definition) is 9. The van der Waals surface area contributed by atoms with E-state index in [1.54, 1.807) is 49.5 Å². The molecule has 0 radical (unpaired) electrons. The van der Waals surface area contributed by atoms with Gasteiger partial charge in [0.2, 0.25) is 18.6 Å². The van der Waals surface area contributed by atoms with E-state index in [2.05, 4.69) is 10.2 Å². The SMILES string of the molecule is COC(=O)c1ccccc1N(C)C(=O)CSc1nnc(-c2ccc3c(c2)OCO3)o1. The molecule has 0 aliphatic carbocycles. The quantitative estimate of drug-likeness (QED) is 0.434. The van der Waals surface area contributed by atoms with E-state index in [9.17, 15) is 9.59 Å². The van der Waals surface area contributed by atoms with Crippen LogP contribution in [0.25, 0.3) is 11.5 Å². The van der Waals surface area contributed by atoms with Crippen molar-refractivity contribution in [2.75, 3.05) is 31.6 Å². The smallest absolute Gasteiger partial charge is 0.339 e. The zero-order valence-electron chi connectivity index (χ0n) is 16.2. The average Bonchev–Trinajstić information content (AvgIpc) is 3.45. The second-order valence-corrected chi connectivity index (χ2v) is 7.12. The molecule has 0 unspecified atom stereocenters. The van der Waals surface area contributed by atoms with Crippen molar-refractivity contribution in [2.45, 2.75) is 5.22 Å². The van der Waals surface area contributed by atoms with E-state index in [1.807, 2.05) is 0 Å². The minimum Gasteiger partial charge on any atom is -0.465 e. The van der Waals surface area contributed by atoms with Gasteiger partial charge in [-0.3, -0.25) is 4.79 Å². The lowest BCUT2D eigenvalue weighted by atomic mass is 10.1. The van der Waals surface area contributed by atoms with Crippen LogP contribution < -0.4 is 14.4 Å². The molecule has 9 nitrogen and oxygen atoms in total. The van der Waals surface area contributed by atoms with E-state index in [4.69, 9.17) is 18.6 Å². The van der Waals surface area contributed by atoms with Crippen LogP contribution in [0.3, 0.4) is 0 Å². The Hall–Kier alpha value is -3.53. The van der Waals surface area contributed by atoms with Crippen molar-refractivity contribution < 1.29 is 28.2 Å². The minimum absolute atomic E-state index is 0.0504. The van der Waals surface area contributed by atoms with Crippen molar-refractivity contribution in [3.05, 3.63) is 48.0 Å². The van der Waals surface area contributed by atoms with Crippen LogP contribution in [0.4, 0.5) is 5.69 Å². The molecule has 1 aromatic heterocycles. The number of aromatic nitrogens is 2. The molecule has 0 atom stereocenters. The van der Waals surface area contributed by atoms with Gasteiger partial charge < -0.3 is 23.5 Å². The summed E-state index contributed by atoms with van der Waals surface area (Å²) in [6.45, 7) is 0.179. The lowest BCUT2D eigenvalue weighted by Crippen LogP contribution is -2.29. The first-order valence-corrected chi connectivity index (χ1v) is 9.85. The molecule has 1 amide bonds. The molecule has 30 heavy (non-hydrogen) atoms. The molecule has 10 heteroatoms. The first-order chi connectivity index (χ1) is 14.6. The Bertz CT molecular complexity index is 1100. The molecule has 0 bridgehead atoms. The van der Waals surface area contributed by atoms with Crippen molar-refractivity contribution in [3.8, 4) is 23.0 Å². The predicted molar refractivity (Wildman–Crippen MR) is 108 cm³/mol. The fourth-order valence-corrected chi connectivity index (χ4v) is 3.49. The number of amides is 1. The molecular formula is C20H17N3O6S. The Morgan fingerprint density at radius 2 is 1.93 bits per heavy atom. The van der Waals surface area contributed by atoms with E-state index in [1.165, 1.54) is 12.0 Å². The number of carbonyl (C=O) groups is 2. The molecule has 2 heterocycles. The molecular weight excluding hydrogens is 410 g/mol. The third-order valence-corrected chi connectivity index (χ3v) is 5.19. The van der Waals surface area contributed by atoms with E-state index in [0.29, 0.717) is 34.2 Å². The number of rotatable bonds is 6. The van der Waals surface area contributed by atoms with Gasteiger partial charge >= 0.3 is 5.97 Å². The van der Waals surface area contributed by atoms with Gasteiger partial charge in [0.05, 0.1) is 24.1 Å². The van der Waals surface area contributed by atoms with Gasteiger partial charge in [-0.25, -0.2) is 4.79 Å². The summed E-state index contributed by atoms with van der Waals surface area (Å²) in [4.78, 5) is 25.9. The highest BCUT2D eigenvalue weighted by molar-refractivity contribution is 7.99. The van der Waals surface area contributed by atoms with Crippen LogP contribution in [0.2, 0.25) is 0 Å². The third kappa shape index (κ3) is 3.94. The fourth-order valence-electron chi connectivity index (χ4n) is 2.82. The van der Waals surface area contributed by atoms with Crippen LogP contribution in [0, 0.1) is 0 Å². The Morgan fingerprint density at radius 3 is 2.77 bits per heavy atom. The number of anilines is 1. The molecule has 0 saturated carbocycles. The minimum atomic E-state index is -0.511. The van der Waals surface area contributed by atoms with Crippen LogP contribution in [0.15, 0.2) is 52.1 Å². The molecule has 4 rings (SSSR count). The van der Waals surface area contributed by atoms with E-state index >= 15 is 0 Å². The topological polar surface area (TPSA) is 104 Å². The zero-order chi connectivity index (χ0) is 21.1. The van der Waals surface area contributed by atoms with Gasteiger partial charge in [0.15, 0.2) is 11.5 Å². The number of hydrogen-bond donors (Lipinski definition) is 0. The highest BCUT2D eigenvalue weighted by atomic mass is 32.2. The second kappa shape index (κ2) is 8.46. The van der Waals surface area contributed by atoms with E-state index < -0.39 is 5.97 Å². The summed E-state index contributed by atoms with van der Waals surface area (Å²) in [5, 5.41) is 8.26. The number of fused-ring (bicyclic) bond motifs is 1. The highest BCUT2D eigenvalue weighted by Gasteiger charge is 2.21. The van der Waals surface area contributed by atoms with Crippen molar-refractivity contribution in [2.24, 2.45) is 0 Å². The van der Waals surface area contributed by atoms with Crippen molar-refractivity contribution in [3.63, 3.8) is 0 Å². The summed E-state index contributed by atoms with van der Waals surface area (Å²) in [5.41, 5.74) is 1.46. The maximum atomic E-state index is 12.6. The number of benzene rings is 2. The summed E-state index contributed by atoms with van der Waals surface area (Å²) < 4.78 is 21.1. The summed E-state index contributed by atoms with van der Waals surface area (Å²) >= 11 is 1.11. The molecule has 1 aliphatic heterocycles. The number of nitrogens with zero attached hydrogens (tertiary/aromatic N) is 3. The number of carbonyl (C=O) groups excluding carboxylic acids is 2. The Morgan fingerprint density at radius 1 is 1.13 bits per heavy atom. The van der Waals surface area contributed by atoms with Gasteiger partial charge in [0.1, 0.15) is 0 Å². The van der Waals surface area contributed by atoms with Gasteiger partial charge in [0.25, 0.3) is 5.22 Å². The summed E-state index contributed by atoms with van der Waals surface area (Å²) in [6.07, 6.45) is 0. The molecule has 1 aliphatic rings. The van der Waals surface area contributed by atoms with E-state index in [-0.39, 0.29) is 23.7 Å². The predicted octanol–water partition coefficient (Wildman–Crippen LogP) is 3.01. The largest absolute Gasteiger partial charge is 0.465 e. The normalized spacial score (nSPS) is 11.9. The van der Waals surface area contributed by atoms with Gasteiger partial charge in [-0.05, 0) is 30.3 Å². The molecule has 3 aromatic rings. The standard InChI is InChI=1S/C20H17N3O6S/c1-23(14-6-4-3-5-13(14)19(25)26-2)17(24)10-30-20-22-21-18(29-20)12-7-8-15-16(9-12)28-11-27-15/h3-9H,10-11H2,1-2H3. The van der Waals surface area contributed by atoms with Crippen LogP contribution in [0.1, 0.15) is 10.4 Å². The third-order valence-electron chi connectivity index (χ3n) is 4.39. The number of methoxy groups -OCH3 is 1. The maximum absolute atomic E-state index is 12.6. The van der Waals surface area contributed by atoms with Crippen LogP contribution in [0.5, 0.6) is 11.5 Å². The summed E-state index contributed by atoms with van der Waals surface area (Å²) in [7, 11) is 2.89. The molecule has 2 aromatic carbocycles. The van der Waals surface area contributed by atoms with Gasteiger partial charge in [-0.2, -0.15) is 0 Å². The van der Waals surface area contributed by atoms with Crippen molar-refractivity contribution in [1.82, 2.24) is 10.2 Å². The van der Waals surface area contributed by atoms with Crippen LogP contribution >= 0.6 is 11.8 Å². The van der Waals surface area contributed by atoms with Crippen molar-refractivity contribution in [1.29, 1.82) is 0 Å². The number of para-hydroxylation sites is 1. The first kappa shape index (κ1) is 19.8. The number of thioether (sulfide) groups is 1. The summed E-state index contributed by atoms with van der Waals surface area (Å²) in [6, 6.07) is 12.1. The van der Waals surface area contributed by atoms with Crippen molar-refractivity contribution >= 4 is 29.3 Å². The Labute approximate surface area is 175 Å². The van der Waals surface area contributed by atoms with Gasteiger partial charge in [0, 0.05) is 12.6 Å². The molecule has 0 N–H and O–H groups in total. The Balaban J connectivity index is 1.42. The maximum Gasteiger partial charge on any atom is 0.339 e. The van der Waals surface area contributed by atoms with Crippen LogP contribution in [-0.4, -0.2) is 48.8 Å². The van der Waals surface area contributed by atoms with E-state index in [0.717, 1.165) is 11.8 Å². The monoisotopic (exact) mass is 427 g/mol. The first-order valence-electron chi connectivity index (χ1n) is 8.87. The fraction of sp³-hybridized carbons (Fsp3) is 0.200. The lowest BCUT2D eigenvalue weighted by molar-refractivity contribution is -0.115. The lowest BCUT2D eigenvalue weighted by Gasteiger charge is -2.19. The second-order valence-electron chi connectivity index (χ2n) is 6.19. The molecule has 0 spiro atoms. The van der Waals surface area contributed by atoms with Gasteiger partial charge in [-0.15, -0.1) is 10.2 Å².